The van der Waals surface area contributed by atoms with E-state index in [1.54, 1.807) is 6.92 Å². The van der Waals surface area contributed by atoms with Gasteiger partial charge in [0.2, 0.25) is 0 Å². The summed E-state index contributed by atoms with van der Waals surface area (Å²) in [6.07, 6.45) is -1.64. The number of ether oxygens (including phenoxy) is 1. The largest absolute Gasteiger partial charge is 0.414 e. The highest BCUT2D eigenvalue weighted by Crippen LogP contribution is 2.37. The summed E-state index contributed by atoms with van der Waals surface area (Å²) in [5.74, 6) is 0.0687. The zero-order valence-electron chi connectivity index (χ0n) is 13.9. The number of nitrogens with one attached hydrogen (secondary N) is 1. The van der Waals surface area contributed by atoms with Gasteiger partial charge in [0.1, 0.15) is 17.2 Å². The molecule has 0 spiro atoms. The van der Waals surface area contributed by atoms with Gasteiger partial charge in [-0.15, -0.1) is 0 Å². The molecule has 1 aliphatic carbocycles. The van der Waals surface area contributed by atoms with Gasteiger partial charge in [0.15, 0.2) is 6.10 Å². The van der Waals surface area contributed by atoms with Gasteiger partial charge in [0, 0.05) is 12.6 Å². The summed E-state index contributed by atoms with van der Waals surface area (Å²) in [4.78, 5) is 8.25. The van der Waals surface area contributed by atoms with Crippen LogP contribution in [0.4, 0.5) is 19.0 Å². The maximum absolute atomic E-state index is 13.1. The molecule has 1 unspecified atom stereocenters. The molecule has 1 aromatic heterocycles. The molecule has 4 nitrogen and oxygen atoms in total. The highest BCUT2D eigenvalue weighted by Gasteiger charge is 2.46. The number of nitrogens with zero attached hydrogens (tertiary/aromatic N) is 2. The van der Waals surface area contributed by atoms with Crippen molar-refractivity contribution in [1.29, 1.82) is 0 Å². The minimum Gasteiger partial charge on any atom is -0.369 e. The van der Waals surface area contributed by atoms with Crippen LogP contribution in [-0.2, 0) is 11.2 Å². The standard InChI is InChI=1S/C16H23ClF3N3O/c1-3-12-13(17)15(22-9-21-12)23-11-7-5-10(6-8-11)14(24-4-2)16(18,19)20/h9-11,14H,3-8H2,1-2H3,(H,21,22,23)/t10-,11+,14?. The molecule has 1 heterocycles. The van der Waals surface area contributed by atoms with Crippen molar-refractivity contribution in [3.05, 3.63) is 17.0 Å². The van der Waals surface area contributed by atoms with E-state index >= 15 is 0 Å². The Hall–Kier alpha value is -1.08. The molecular formula is C16H23ClF3N3O. The monoisotopic (exact) mass is 365 g/mol. The predicted octanol–water partition coefficient (Wildman–Crippen LogP) is 4.63. The Morgan fingerprint density at radius 2 is 1.92 bits per heavy atom. The van der Waals surface area contributed by atoms with Gasteiger partial charge >= 0.3 is 6.18 Å². The third-order valence-electron chi connectivity index (χ3n) is 4.41. The van der Waals surface area contributed by atoms with E-state index in [0.29, 0.717) is 42.9 Å². The van der Waals surface area contributed by atoms with E-state index in [9.17, 15) is 13.2 Å². The number of hydrogen-bond acceptors (Lipinski definition) is 4. The zero-order valence-corrected chi connectivity index (χ0v) is 14.6. The number of anilines is 1. The number of halogens is 4. The molecule has 1 N–H and O–H groups in total. The van der Waals surface area contributed by atoms with Gasteiger partial charge in [-0.3, -0.25) is 0 Å². The molecule has 1 aliphatic rings. The fourth-order valence-electron chi connectivity index (χ4n) is 3.19. The van der Waals surface area contributed by atoms with Crippen molar-refractivity contribution in [2.24, 2.45) is 5.92 Å². The Bertz CT molecular complexity index is 534. The summed E-state index contributed by atoms with van der Waals surface area (Å²) in [7, 11) is 0. The van der Waals surface area contributed by atoms with E-state index < -0.39 is 18.2 Å². The second kappa shape index (κ2) is 8.34. The molecule has 1 saturated carbocycles. The number of aromatic nitrogens is 2. The van der Waals surface area contributed by atoms with Crippen LogP contribution in [0.15, 0.2) is 6.33 Å². The second-order valence-electron chi connectivity index (χ2n) is 6.01. The molecule has 0 bridgehead atoms. The van der Waals surface area contributed by atoms with Crippen LogP contribution in [0.5, 0.6) is 0 Å². The summed E-state index contributed by atoms with van der Waals surface area (Å²) in [6, 6.07) is 0.0638. The first-order valence-corrected chi connectivity index (χ1v) is 8.68. The van der Waals surface area contributed by atoms with Gasteiger partial charge < -0.3 is 10.1 Å². The molecule has 1 aromatic rings. The molecule has 0 saturated heterocycles. The van der Waals surface area contributed by atoms with Crippen molar-refractivity contribution in [2.75, 3.05) is 11.9 Å². The highest BCUT2D eigenvalue weighted by atomic mass is 35.5. The number of rotatable bonds is 6. The van der Waals surface area contributed by atoms with Crippen molar-refractivity contribution in [3.63, 3.8) is 0 Å². The predicted molar refractivity (Wildman–Crippen MR) is 87.3 cm³/mol. The Balaban J connectivity index is 1.95. The van der Waals surface area contributed by atoms with Gasteiger partial charge in [0.25, 0.3) is 0 Å². The lowest BCUT2D eigenvalue weighted by Crippen LogP contribution is -2.41. The summed E-state index contributed by atoms with van der Waals surface area (Å²) >= 11 is 6.25. The Labute approximate surface area is 145 Å². The molecule has 136 valence electrons. The molecule has 1 fully saturated rings. The van der Waals surface area contributed by atoms with E-state index in [1.807, 2.05) is 6.92 Å². The first kappa shape index (κ1) is 19.2. The number of alkyl halides is 3. The molecule has 1 atom stereocenters. The average molecular weight is 366 g/mol. The van der Waals surface area contributed by atoms with E-state index in [1.165, 1.54) is 6.33 Å². The third kappa shape index (κ3) is 4.72. The summed E-state index contributed by atoms with van der Waals surface area (Å²) in [6.45, 7) is 3.61. The highest BCUT2D eigenvalue weighted by molar-refractivity contribution is 6.33. The lowest BCUT2D eigenvalue weighted by Gasteiger charge is -2.35. The number of hydrogen-bond donors (Lipinski definition) is 1. The molecule has 8 heteroatoms. The quantitative estimate of drug-likeness (QED) is 0.798. The first-order chi connectivity index (χ1) is 11.4. The molecule has 0 amide bonds. The van der Waals surface area contributed by atoms with Crippen LogP contribution in [0, 0.1) is 5.92 Å². The fourth-order valence-corrected chi connectivity index (χ4v) is 3.48. The Kier molecular flexibility index (Phi) is 6.69. The smallest absolute Gasteiger partial charge is 0.369 e. The second-order valence-corrected chi connectivity index (χ2v) is 6.39. The lowest BCUT2D eigenvalue weighted by atomic mass is 9.82. The lowest BCUT2D eigenvalue weighted by molar-refractivity contribution is -0.237. The van der Waals surface area contributed by atoms with E-state index in [2.05, 4.69) is 15.3 Å². The topological polar surface area (TPSA) is 47.0 Å². The fraction of sp³-hybridized carbons (Fsp3) is 0.750. The van der Waals surface area contributed by atoms with Crippen LogP contribution in [0.1, 0.15) is 45.2 Å². The van der Waals surface area contributed by atoms with Gasteiger partial charge in [0.05, 0.1) is 5.69 Å². The molecule has 0 radical (unpaired) electrons. The Morgan fingerprint density at radius 1 is 1.25 bits per heavy atom. The molecule has 0 aromatic carbocycles. The summed E-state index contributed by atoms with van der Waals surface area (Å²) in [5.41, 5.74) is 0.760. The summed E-state index contributed by atoms with van der Waals surface area (Å²) in [5, 5.41) is 3.74. The van der Waals surface area contributed by atoms with Crippen LogP contribution in [0.2, 0.25) is 5.02 Å². The van der Waals surface area contributed by atoms with Crippen molar-refractivity contribution in [2.45, 2.75) is 64.3 Å². The SMILES string of the molecule is CCOC([C@H]1CC[C@@H](Nc2ncnc(CC)c2Cl)CC1)C(F)(F)F. The van der Waals surface area contributed by atoms with E-state index in [-0.39, 0.29) is 12.6 Å². The van der Waals surface area contributed by atoms with Crippen LogP contribution >= 0.6 is 11.6 Å². The van der Waals surface area contributed by atoms with Crippen molar-refractivity contribution >= 4 is 17.4 Å². The molecular weight excluding hydrogens is 343 g/mol. The van der Waals surface area contributed by atoms with Crippen LogP contribution < -0.4 is 5.32 Å². The van der Waals surface area contributed by atoms with Gasteiger partial charge in [-0.1, -0.05) is 18.5 Å². The minimum atomic E-state index is -4.31. The van der Waals surface area contributed by atoms with Gasteiger partial charge in [-0.2, -0.15) is 13.2 Å². The zero-order chi connectivity index (χ0) is 17.7. The Morgan fingerprint density at radius 3 is 2.46 bits per heavy atom. The van der Waals surface area contributed by atoms with Crippen molar-refractivity contribution < 1.29 is 17.9 Å². The van der Waals surface area contributed by atoms with Crippen molar-refractivity contribution in [3.8, 4) is 0 Å². The molecule has 24 heavy (non-hydrogen) atoms. The van der Waals surface area contributed by atoms with E-state index in [0.717, 1.165) is 5.69 Å². The van der Waals surface area contributed by atoms with Gasteiger partial charge in [-0.05, 0) is 44.9 Å². The average Bonchev–Trinajstić information content (AvgIpc) is 2.54. The normalized spacial score (nSPS) is 23.1. The maximum atomic E-state index is 13.1. The van der Waals surface area contributed by atoms with E-state index in [4.69, 9.17) is 16.3 Å². The summed E-state index contributed by atoms with van der Waals surface area (Å²) < 4.78 is 44.3. The van der Waals surface area contributed by atoms with Crippen molar-refractivity contribution in [1.82, 2.24) is 9.97 Å². The van der Waals surface area contributed by atoms with Crippen LogP contribution in [-0.4, -0.2) is 34.9 Å². The number of aryl methyl sites for hydroxylation is 1. The first-order valence-electron chi connectivity index (χ1n) is 8.31. The molecule has 2 rings (SSSR count). The van der Waals surface area contributed by atoms with Gasteiger partial charge in [-0.25, -0.2) is 9.97 Å². The minimum absolute atomic E-state index is 0.0638. The van der Waals surface area contributed by atoms with Crippen LogP contribution in [0.3, 0.4) is 0 Å². The third-order valence-corrected chi connectivity index (χ3v) is 4.80. The van der Waals surface area contributed by atoms with Crippen LogP contribution in [0.25, 0.3) is 0 Å². The maximum Gasteiger partial charge on any atom is 0.414 e. The molecule has 0 aliphatic heterocycles.